The molecule has 0 saturated carbocycles. The molecule has 2 aromatic heterocycles. The number of aromatic amines is 1. The van der Waals surface area contributed by atoms with Gasteiger partial charge in [-0.05, 0) is 26.2 Å². The van der Waals surface area contributed by atoms with Gasteiger partial charge in [-0.1, -0.05) is 0 Å². The summed E-state index contributed by atoms with van der Waals surface area (Å²) in [7, 11) is 3.87. The van der Waals surface area contributed by atoms with Crippen molar-refractivity contribution < 1.29 is 9.21 Å². The van der Waals surface area contributed by atoms with Gasteiger partial charge in [-0.2, -0.15) is 5.10 Å². The zero-order valence-electron chi connectivity index (χ0n) is 10.9. The normalized spacial score (nSPS) is 12.4. The van der Waals surface area contributed by atoms with E-state index in [0.29, 0.717) is 12.2 Å². The molecular weight excluding hydrogens is 246 g/mol. The average Bonchev–Trinajstić information content (AvgIpc) is 3.01. The molecule has 0 spiro atoms. The summed E-state index contributed by atoms with van der Waals surface area (Å²) in [6.07, 6.45) is 4.77. The maximum Gasteiger partial charge on any atom is 0.319 e. The summed E-state index contributed by atoms with van der Waals surface area (Å²) in [6, 6.07) is 3.43. The lowest BCUT2D eigenvalue weighted by molar-refractivity contribution is 0.233. The molecule has 0 aliphatic carbocycles. The second kappa shape index (κ2) is 6.05. The molecule has 0 radical (unpaired) electrons. The zero-order valence-corrected chi connectivity index (χ0v) is 10.9. The first-order chi connectivity index (χ1) is 9.16. The molecule has 1 atom stereocenters. The van der Waals surface area contributed by atoms with E-state index in [4.69, 9.17) is 4.42 Å². The molecular formula is C12H17N5O2. The van der Waals surface area contributed by atoms with Crippen molar-refractivity contribution >= 4 is 11.7 Å². The molecule has 0 saturated heterocycles. The Balaban J connectivity index is 1.87. The molecule has 3 N–H and O–H groups in total. The Morgan fingerprint density at radius 2 is 2.42 bits per heavy atom. The van der Waals surface area contributed by atoms with Crippen LogP contribution in [0.5, 0.6) is 0 Å². The predicted octanol–water partition coefficient (Wildman–Crippen LogP) is 1.43. The van der Waals surface area contributed by atoms with Crippen molar-refractivity contribution in [1.29, 1.82) is 0 Å². The summed E-state index contributed by atoms with van der Waals surface area (Å²) < 4.78 is 5.37. The van der Waals surface area contributed by atoms with Crippen molar-refractivity contribution in [2.45, 2.75) is 6.04 Å². The van der Waals surface area contributed by atoms with Crippen molar-refractivity contribution in [3.8, 4) is 0 Å². The van der Waals surface area contributed by atoms with Crippen molar-refractivity contribution in [1.82, 2.24) is 20.4 Å². The first-order valence-corrected chi connectivity index (χ1v) is 5.90. The summed E-state index contributed by atoms with van der Waals surface area (Å²) in [6.45, 7) is 0.449. The van der Waals surface area contributed by atoms with Crippen LogP contribution in [0.3, 0.4) is 0 Å². The SMILES string of the molecule is CN(C)[C@@H](CNC(=O)Nc1cn[nH]c1)c1ccco1. The van der Waals surface area contributed by atoms with E-state index in [0.717, 1.165) is 5.76 Å². The Hall–Kier alpha value is -2.28. The molecule has 0 fully saturated rings. The topological polar surface area (TPSA) is 86.2 Å². The van der Waals surface area contributed by atoms with E-state index >= 15 is 0 Å². The van der Waals surface area contributed by atoms with Crippen LogP contribution in [0.15, 0.2) is 35.2 Å². The molecule has 0 aromatic carbocycles. The molecule has 0 unspecified atom stereocenters. The van der Waals surface area contributed by atoms with Gasteiger partial charge in [0, 0.05) is 12.7 Å². The van der Waals surface area contributed by atoms with Gasteiger partial charge in [-0.3, -0.25) is 10.00 Å². The van der Waals surface area contributed by atoms with Crippen molar-refractivity contribution in [2.75, 3.05) is 26.0 Å². The first-order valence-electron chi connectivity index (χ1n) is 5.90. The van der Waals surface area contributed by atoms with Crippen molar-refractivity contribution in [3.63, 3.8) is 0 Å². The number of aromatic nitrogens is 2. The van der Waals surface area contributed by atoms with Crippen LogP contribution in [-0.2, 0) is 0 Å². The number of carbonyl (C=O) groups is 1. The number of anilines is 1. The third kappa shape index (κ3) is 3.59. The Kier molecular flexibility index (Phi) is 4.19. The number of nitrogens with one attached hydrogen (secondary N) is 3. The number of carbonyl (C=O) groups excluding carboxylic acids is 1. The van der Waals surface area contributed by atoms with E-state index in [2.05, 4.69) is 20.8 Å². The second-order valence-corrected chi connectivity index (χ2v) is 4.32. The van der Waals surface area contributed by atoms with Crippen molar-refractivity contribution in [2.24, 2.45) is 0 Å². The molecule has 2 rings (SSSR count). The van der Waals surface area contributed by atoms with Gasteiger partial charge in [0.05, 0.1) is 24.2 Å². The molecule has 0 aliphatic heterocycles. The Bertz CT molecular complexity index is 492. The van der Waals surface area contributed by atoms with Gasteiger partial charge in [-0.25, -0.2) is 4.79 Å². The number of nitrogens with zero attached hydrogens (tertiary/aromatic N) is 2. The van der Waals surface area contributed by atoms with Crippen LogP contribution < -0.4 is 10.6 Å². The highest BCUT2D eigenvalue weighted by Crippen LogP contribution is 2.17. The quantitative estimate of drug-likeness (QED) is 0.761. The maximum absolute atomic E-state index is 11.7. The van der Waals surface area contributed by atoms with Crippen molar-refractivity contribution in [3.05, 3.63) is 36.5 Å². The maximum atomic E-state index is 11.7. The van der Waals surface area contributed by atoms with Gasteiger partial charge in [0.2, 0.25) is 0 Å². The summed E-state index contributed by atoms with van der Waals surface area (Å²) in [5.74, 6) is 0.814. The highest BCUT2D eigenvalue weighted by atomic mass is 16.3. The Morgan fingerprint density at radius 1 is 1.58 bits per heavy atom. The monoisotopic (exact) mass is 263 g/mol. The summed E-state index contributed by atoms with van der Waals surface area (Å²) in [5.41, 5.74) is 0.622. The molecule has 102 valence electrons. The number of hydrogen-bond acceptors (Lipinski definition) is 4. The third-order valence-corrected chi connectivity index (χ3v) is 2.71. The number of hydrogen-bond donors (Lipinski definition) is 3. The molecule has 0 bridgehead atoms. The van der Waals surface area contributed by atoms with E-state index in [-0.39, 0.29) is 12.1 Å². The molecule has 19 heavy (non-hydrogen) atoms. The highest BCUT2D eigenvalue weighted by Gasteiger charge is 2.17. The standard InChI is InChI=1S/C12H17N5O2/c1-17(2)10(11-4-3-5-19-11)8-13-12(18)16-9-6-14-15-7-9/h3-7,10H,8H2,1-2H3,(H,14,15)(H2,13,16,18)/t10-/m0/s1. The van der Waals surface area contributed by atoms with Crippen LogP contribution in [0.4, 0.5) is 10.5 Å². The average molecular weight is 263 g/mol. The lowest BCUT2D eigenvalue weighted by Gasteiger charge is -2.22. The first kappa shape index (κ1) is 13.2. The lowest BCUT2D eigenvalue weighted by Crippen LogP contribution is -2.36. The lowest BCUT2D eigenvalue weighted by atomic mass is 10.2. The number of amides is 2. The Morgan fingerprint density at radius 3 is 3.00 bits per heavy atom. The molecule has 7 heteroatoms. The van der Waals surface area contributed by atoms with Gasteiger partial charge in [0.25, 0.3) is 0 Å². The zero-order chi connectivity index (χ0) is 13.7. The van der Waals surface area contributed by atoms with Gasteiger partial charge in [-0.15, -0.1) is 0 Å². The minimum absolute atomic E-state index is 0.00917. The van der Waals surface area contributed by atoms with E-state index in [1.165, 1.54) is 6.20 Å². The number of likely N-dealkylation sites (N-methyl/N-ethyl adjacent to an activating group) is 1. The molecule has 2 amide bonds. The smallest absolute Gasteiger partial charge is 0.319 e. The largest absolute Gasteiger partial charge is 0.468 e. The van der Waals surface area contributed by atoms with Crippen LogP contribution >= 0.6 is 0 Å². The molecule has 2 aromatic rings. The van der Waals surface area contributed by atoms with Crippen LogP contribution in [0, 0.1) is 0 Å². The second-order valence-electron chi connectivity index (χ2n) is 4.32. The van der Waals surface area contributed by atoms with Gasteiger partial charge in [0.1, 0.15) is 5.76 Å². The van der Waals surface area contributed by atoms with Gasteiger partial charge >= 0.3 is 6.03 Å². The third-order valence-electron chi connectivity index (χ3n) is 2.71. The van der Waals surface area contributed by atoms with Gasteiger partial charge in [0.15, 0.2) is 0 Å². The molecule has 0 aliphatic rings. The fraction of sp³-hybridized carbons (Fsp3) is 0.333. The van der Waals surface area contributed by atoms with Crippen LogP contribution in [-0.4, -0.2) is 41.8 Å². The molecule has 7 nitrogen and oxygen atoms in total. The van der Waals surface area contributed by atoms with Crippen LogP contribution in [0.1, 0.15) is 11.8 Å². The number of furan rings is 1. The summed E-state index contributed by atoms with van der Waals surface area (Å²) in [5, 5.41) is 11.8. The van der Waals surface area contributed by atoms with E-state index in [9.17, 15) is 4.79 Å². The van der Waals surface area contributed by atoms with E-state index < -0.39 is 0 Å². The minimum atomic E-state index is -0.278. The summed E-state index contributed by atoms with van der Waals surface area (Å²) >= 11 is 0. The van der Waals surface area contributed by atoms with E-state index in [1.54, 1.807) is 12.5 Å². The fourth-order valence-electron chi connectivity index (χ4n) is 1.70. The highest BCUT2D eigenvalue weighted by molar-refractivity contribution is 5.88. The van der Waals surface area contributed by atoms with Crippen LogP contribution in [0.25, 0.3) is 0 Å². The minimum Gasteiger partial charge on any atom is -0.468 e. The van der Waals surface area contributed by atoms with Crippen LogP contribution in [0.2, 0.25) is 0 Å². The Labute approximate surface area is 111 Å². The number of H-pyrrole nitrogens is 1. The van der Waals surface area contributed by atoms with E-state index in [1.807, 2.05) is 31.1 Å². The fourth-order valence-corrected chi connectivity index (χ4v) is 1.70. The number of rotatable bonds is 5. The van der Waals surface area contributed by atoms with Gasteiger partial charge < -0.3 is 15.1 Å². The molecule has 2 heterocycles. The summed E-state index contributed by atoms with van der Waals surface area (Å²) in [4.78, 5) is 13.7. The number of urea groups is 1. The predicted molar refractivity (Wildman–Crippen MR) is 70.7 cm³/mol.